The second kappa shape index (κ2) is 7.39. The van der Waals surface area contributed by atoms with Crippen LogP contribution in [0.4, 0.5) is 5.69 Å². The molecule has 1 heterocycles. The maximum absolute atomic E-state index is 11.8. The molecule has 0 aliphatic carbocycles. The zero-order chi connectivity index (χ0) is 15.1. The Balaban J connectivity index is 2.65. The largest absolute Gasteiger partial charge is 0.469 e. The number of nitrogens with one attached hydrogen (secondary N) is 1. The van der Waals surface area contributed by atoms with E-state index in [9.17, 15) is 19.7 Å². The van der Waals surface area contributed by atoms with E-state index in [1.54, 1.807) is 0 Å². The van der Waals surface area contributed by atoms with E-state index in [0.717, 1.165) is 12.3 Å². The van der Waals surface area contributed by atoms with Gasteiger partial charge in [0.15, 0.2) is 0 Å². The topological polar surface area (TPSA) is 111 Å². The summed E-state index contributed by atoms with van der Waals surface area (Å²) < 4.78 is 4.44. The van der Waals surface area contributed by atoms with Gasteiger partial charge in [-0.3, -0.25) is 19.7 Å². The van der Waals surface area contributed by atoms with Crippen LogP contribution in [0.1, 0.15) is 23.2 Å². The molecule has 0 saturated carbocycles. The molecule has 0 spiro atoms. The van der Waals surface area contributed by atoms with Gasteiger partial charge in [0.05, 0.1) is 12.0 Å². The lowest BCUT2D eigenvalue weighted by Crippen LogP contribution is -2.25. The molecule has 0 atom stereocenters. The zero-order valence-corrected chi connectivity index (χ0v) is 11.3. The highest BCUT2D eigenvalue weighted by molar-refractivity contribution is 6.29. The summed E-state index contributed by atoms with van der Waals surface area (Å²) in [6, 6.07) is 1.12. The number of aromatic nitrogens is 1. The zero-order valence-electron chi connectivity index (χ0n) is 10.6. The number of pyridine rings is 1. The van der Waals surface area contributed by atoms with E-state index >= 15 is 0 Å². The Morgan fingerprint density at radius 2 is 2.25 bits per heavy atom. The molecule has 0 saturated heterocycles. The lowest BCUT2D eigenvalue weighted by Gasteiger charge is -2.05. The Labute approximate surface area is 119 Å². The van der Waals surface area contributed by atoms with Crippen molar-refractivity contribution in [3.8, 4) is 0 Å². The molecule has 0 bridgehead atoms. The van der Waals surface area contributed by atoms with Gasteiger partial charge in [-0.2, -0.15) is 0 Å². The smallest absolute Gasteiger partial charge is 0.305 e. The molecule has 1 amide bonds. The van der Waals surface area contributed by atoms with Crippen molar-refractivity contribution in [1.82, 2.24) is 10.3 Å². The van der Waals surface area contributed by atoms with Gasteiger partial charge in [0, 0.05) is 13.0 Å². The average molecular weight is 302 g/mol. The molecule has 9 heteroatoms. The fraction of sp³-hybridized carbons (Fsp3) is 0.364. The molecular formula is C11H12ClN3O5. The van der Waals surface area contributed by atoms with Crippen molar-refractivity contribution in [1.29, 1.82) is 0 Å². The second-order valence-electron chi connectivity index (χ2n) is 3.72. The number of hydrogen-bond donors (Lipinski definition) is 1. The van der Waals surface area contributed by atoms with Crippen LogP contribution in [0.5, 0.6) is 0 Å². The highest BCUT2D eigenvalue weighted by Gasteiger charge is 2.21. The van der Waals surface area contributed by atoms with Crippen LogP contribution in [0, 0.1) is 10.1 Å². The summed E-state index contributed by atoms with van der Waals surface area (Å²) >= 11 is 5.61. The lowest BCUT2D eigenvalue weighted by atomic mass is 10.2. The van der Waals surface area contributed by atoms with Gasteiger partial charge in [-0.1, -0.05) is 11.6 Å². The van der Waals surface area contributed by atoms with Crippen LogP contribution in [-0.2, 0) is 9.53 Å². The molecule has 1 aromatic rings. The molecule has 0 fully saturated rings. The van der Waals surface area contributed by atoms with Gasteiger partial charge in [-0.15, -0.1) is 0 Å². The predicted octanol–water partition coefficient (Wildman–Crippen LogP) is 1.33. The monoisotopic (exact) mass is 301 g/mol. The Bertz CT molecular complexity index is 535. The van der Waals surface area contributed by atoms with Crippen LogP contribution in [0.15, 0.2) is 12.3 Å². The number of halogens is 1. The lowest BCUT2D eigenvalue weighted by molar-refractivity contribution is -0.385. The minimum Gasteiger partial charge on any atom is -0.469 e. The number of hydrogen-bond acceptors (Lipinski definition) is 6. The summed E-state index contributed by atoms with van der Waals surface area (Å²) in [5.74, 6) is -1.04. The quantitative estimate of drug-likeness (QED) is 0.279. The number of carbonyl (C=O) groups excluding carboxylic acids is 2. The molecule has 0 unspecified atom stereocenters. The van der Waals surface area contributed by atoms with Gasteiger partial charge >= 0.3 is 5.97 Å². The van der Waals surface area contributed by atoms with Crippen LogP contribution >= 0.6 is 11.6 Å². The van der Waals surface area contributed by atoms with Crippen molar-refractivity contribution in [2.24, 2.45) is 0 Å². The van der Waals surface area contributed by atoms with Crippen molar-refractivity contribution >= 4 is 29.2 Å². The van der Waals surface area contributed by atoms with E-state index in [0.29, 0.717) is 6.42 Å². The molecule has 20 heavy (non-hydrogen) atoms. The Morgan fingerprint density at radius 1 is 1.55 bits per heavy atom. The second-order valence-corrected chi connectivity index (χ2v) is 4.10. The summed E-state index contributed by atoms with van der Waals surface area (Å²) in [6.07, 6.45) is 1.44. The van der Waals surface area contributed by atoms with Crippen LogP contribution in [0.2, 0.25) is 5.15 Å². The highest BCUT2D eigenvalue weighted by atomic mass is 35.5. The van der Waals surface area contributed by atoms with E-state index in [1.807, 2.05) is 0 Å². The van der Waals surface area contributed by atoms with E-state index in [-0.39, 0.29) is 23.7 Å². The Hall–Kier alpha value is -2.22. The van der Waals surface area contributed by atoms with Crippen molar-refractivity contribution < 1.29 is 19.2 Å². The third-order valence-electron chi connectivity index (χ3n) is 2.36. The number of nitrogens with zero attached hydrogens (tertiary/aromatic N) is 2. The third-order valence-corrected chi connectivity index (χ3v) is 2.57. The van der Waals surface area contributed by atoms with Gasteiger partial charge < -0.3 is 10.1 Å². The fourth-order valence-electron chi connectivity index (χ4n) is 1.38. The molecular weight excluding hydrogens is 290 g/mol. The first-order valence-corrected chi connectivity index (χ1v) is 5.98. The minimum absolute atomic E-state index is 0.0182. The fourth-order valence-corrected chi connectivity index (χ4v) is 1.54. The predicted molar refractivity (Wildman–Crippen MR) is 69.5 cm³/mol. The van der Waals surface area contributed by atoms with Crippen molar-refractivity contribution in [3.05, 3.63) is 33.1 Å². The van der Waals surface area contributed by atoms with Crippen molar-refractivity contribution in [2.75, 3.05) is 13.7 Å². The summed E-state index contributed by atoms with van der Waals surface area (Å²) in [7, 11) is 1.27. The molecule has 0 aromatic carbocycles. The van der Waals surface area contributed by atoms with Gasteiger partial charge in [-0.05, 0) is 12.5 Å². The number of carbonyl (C=O) groups is 2. The number of ether oxygens (including phenoxy) is 1. The molecule has 0 radical (unpaired) electrons. The SMILES string of the molecule is COC(=O)CCCNC(=O)c1cc(Cl)ncc1[N+](=O)[O-]. The summed E-state index contributed by atoms with van der Waals surface area (Å²) in [5.41, 5.74) is -0.604. The summed E-state index contributed by atoms with van der Waals surface area (Å²) in [6.45, 7) is 0.186. The molecule has 108 valence electrons. The third kappa shape index (κ3) is 4.47. The molecule has 0 aliphatic rings. The standard InChI is InChI=1S/C11H12ClN3O5/c1-20-10(16)3-2-4-13-11(17)7-5-9(12)14-6-8(7)15(18)19/h5-6H,2-4H2,1H3,(H,13,17). The molecule has 8 nitrogen and oxygen atoms in total. The van der Waals surface area contributed by atoms with Gasteiger partial charge in [0.2, 0.25) is 0 Å². The number of amides is 1. The van der Waals surface area contributed by atoms with Crippen molar-refractivity contribution in [2.45, 2.75) is 12.8 Å². The Morgan fingerprint density at radius 3 is 2.85 bits per heavy atom. The summed E-state index contributed by atoms with van der Waals surface area (Å²) in [5, 5.41) is 13.2. The van der Waals surface area contributed by atoms with E-state index in [1.165, 1.54) is 7.11 Å². The van der Waals surface area contributed by atoms with E-state index in [4.69, 9.17) is 11.6 Å². The van der Waals surface area contributed by atoms with Crippen LogP contribution in [0.25, 0.3) is 0 Å². The first-order chi connectivity index (χ1) is 9.45. The minimum atomic E-state index is -0.716. The normalized spacial score (nSPS) is 9.90. The molecule has 1 aromatic heterocycles. The molecule has 1 N–H and O–H groups in total. The number of rotatable bonds is 6. The van der Waals surface area contributed by atoms with Crippen LogP contribution in [0.3, 0.4) is 0 Å². The number of methoxy groups -OCH3 is 1. The first-order valence-electron chi connectivity index (χ1n) is 5.60. The van der Waals surface area contributed by atoms with E-state index in [2.05, 4.69) is 15.0 Å². The van der Waals surface area contributed by atoms with Crippen molar-refractivity contribution in [3.63, 3.8) is 0 Å². The van der Waals surface area contributed by atoms with Crippen LogP contribution < -0.4 is 5.32 Å². The average Bonchev–Trinajstić information content (AvgIpc) is 2.42. The Kier molecular flexibility index (Phi) is 5.85. The van der Waals surface area contributed by atoms with Gasteiger partial charge in [0.25, 0.3) is 11.6 Å². The van der Waals surface area contributed by atoms with E-state index < -0.39 is 22.5 Å². The van der Waals surface area contributed by atoms with Gasteiger partial charge in [0.1, 0.15) is 16.9 Å². The summed E-state index contributed by atoms with van der Waals surface area (Å²) in [4.78, 5) is 36.3. The first kappa shape index (κ1) is 15.8. The highest BCUT2D eigenvalue weighted by Crippen LogP contribution is 2.20. The van der Waals surface area contributed by atoms with Gasteiger partial charge in [-0.25, -0.2) is 4.98 Å². The molecule has 1 rings (SSSR count). The maximum Gasteiger partial charge on any atom is 0.305 e. The molecule has 0 aliphatic heterocycles. The van der Waals surface area contributed by atoms with Crippen LogP contribution in [-0.4, -0.2) is 35.4 Å². The number of nitro groups is 1. The number of esters is 1. The maximum atomic E-state index is 11.8.